The lowest BCUT2D eigenvalue weighted by molar-refractivity contribution is 0.0740. The third-order valence-electron chi connectivity index (χ3n) is 6.78. The Labute approximate surface area is 181 Å². The van der Waals surface area contributed by atoms with E-state index in [1.165, 1.54) is 0 Å². The summed E-state index contributed by atoms with van der Waals surface area (Å²) < 4.78 is 4.26. The van der Waals surface area contributed by atoms with Gasteiger partial charge in [-0.1, -0.05) is 6.92 Å². The van der Waals surface area contributed by atoms with Crippen LogP contribution in [0.1, 0.15) is 31.1 Å². The van der Waals surface area contributed by atoms with E-state index in [1.807, 2.05) is 49.3 Å². The standard InChI is InChI=1S/C24H28N6O/c1-5-29-20(12-16-7-6-10-26-22(16)29)23-27-18-11-17(8-9-19(18)28(23)4)24(31)30-13-14(2)21(25)15(30)3/h6-12,14-15,21H,5,13,25H2,1-4H3/t14-,15?,21?/m1/s1. The minimum Gasteiger partial charge on any atom is -0.334 e. The summed E-state index contributed by atoms with van der Waals surface area (Å²) in [5.74, 6) is 1.19. The van der Waals surface area contributed by atoms with E-state index in [-0.39, 0.29) is 18.0 Å². The predicted molar refractivity (Wildman–Crippen MR) is 123 cm³/mol. The zero-order chi connectivity index (χ0) is 21.9. The minimum atomic E-state index is 0.0127. The van der Waals surface area contributed by atoms with Crippen molar-refractivity contribution in [3.63, 3.8) is 0 Å². The summed E-state index contributed by atoms with van der Waals surface area (Å²) in [7, 11) is 2.01. The van der Waals surface area contributed by atoms with Gasteiger partial charge in [0.25, 0.3) is 5.91 Å². The molecule has 1 aromatic carbocycles. The number of rotatable bonds is 3. The summed E-state index contributed by atoms with van der Waals surface area (Å²) in [4.78, 5) is 24.6. The summed E-state index contributed by atoms with van der Waals surface area (Å²) in [5.41, 5.74) is 10.7. The van der Waals surface area contributed by atoms with Crippen molar-refractivity contribution in [1.82, 2.24) is 24.0 Å². The number of pyridine rings is 1. The second kappa shape index (κ2) is 7.20. The quantitative estimate of drug-likeness (QED) is 0.555. The van der Waals surface area contributed by atoms with E-state index in [0.29, 0.717) is 18.0 Å². The van der Waals surface area contributed by atoms with Crippen LogP contribution in [0, 0.1) is 5.92 Å². The molecule has 3 aromatic heterocycles. The number of amides is 1. The lowest BCUT2D eigenvalue weighted by Gasteiger charge is -2.23. The van der Waals surface area contributed by atoms with E-state index in [9.17, 15) is 4.79 Å². The molecule has 2 unspecified atom stereocenters. The molecular weight excluding hydrogens is 388 g/mol. The van der Waals surface area contributed by atoms with E-state index < -0.39 is 0 Å². The molecular formula is C24H28N6O. The highest BCUT2D eigenvalue weighted by Gasteiger charge is 2.37. The Balaban J connectivity index is 1.58. The zero-order valence-corrected chi connectivity index (χ0v) is 18.4. The summed E-state index contributed by atoms with van der Waals surface area (Å²) in [5, 5.41) is 1.09. The van der Waals surface area contributed by atoms with Gasteiger partial charge in [-0.25, -0.2) is 9.97 Å². The number of hydrogen-bond acceptors (Lipinski definition) is 4. The molecule has 0 spiro atoms. The lowest BCUT2D eigenvalue weighted by Crippen LogP contribution is -2.40. The number of imidazole rings is 1. The van der Waals surface area contributed by atoms with Crippen LogP contribution in [-0.4, -0.2) is 48.5 Å². The molecule has 0 saturated carbocycles. The van der Waals surface area contributed by atoms with Crippen molar-refractivity contribution in [2.75, 3.05) is 6.54 Å². The topological polar surface area (TPSA) is 82.0 Å². The second-order valence-corrected chi connectivity index (χ2v) is 8.64. The molecule has 1 saturated heterocycles. The van der Waals surface area contributed by atoms with E-state index >= 15 is 0 Å². The highest BCUT2D eigenvalue weighted by atomic mass is 16.2. The fourth-order valence-electron chi connectivity index (χ4n) is 4.87. The maximum atomic E-state index is 13.2. The van der Waals surface area contributed by atoms with Crippen molar-refractivity contribution in [2.45, 2.75) is 39.4 Å². The van der Waals surface area contributed by atoms with Crippen molar-refractivity contribution in [2.24, 2.45) is 18.7 Å². The summed E-state index contributed by atoms with van der Waals surface area (Å²) in [6.45, 7) is 7.73. The van der Waals surface area contributed by atoms with Gasteiger partial charge in [0.2, 0.25) is 0 Å². The monoisotopic (exact) mass is 416 g/mol. The first kappa shape index (κ1) is 19.8. The maximum Gasteiger partial charge on any atom is 0.254 e. The van der Waals surface area contributed by atoms with E-state index in [4.69, 9.17) is 10.7 Å². The number of benzene rings is 1. The molecule has 160 valence electrons. The van der Waals surface area contributed by atoms with Gasteiger partial charge in [-0.15, -0.1) is 0 Å². The van der Waals surface area contributed by atoms with E-state index in [1.54, 1.807) is 0 Å². The molecule has 0 bridgehead atoms. The van der Waals surface area contributed by atoms with Crippen LogP contribution in [0.3, 0.4) is 0 Å². The summed E-state index contributed by atoms with van der Waals surface area (Å²) >= 11 is 0. The Morgan fingerprint density at radius 2 is 2.03 bits per heavy atom. The Kier molecular flexibility index (Phi) is 4.59. The normalized spacial score (nSPS) is 21.5. The number of fused-ring (bicyclic) bond motifs is 2. The molecule has 31 heavy (non-hydrogen) atoms. The molecule has 7 nitrogen and oxygen atoms in total. The van der Waals surface area contributed by atoms with Gasteiger partial charge in [-0.2, -0.15) is 0 Å². The molecule has 1 amide bonds. The summed E-state index contributed by atoms with van der Waals surface area (Å²) in [6, 6.07) is 12.0. The van der Waals surface area contributed by atoms with Crippen molar-refractivity contribution >= 4 is 28.0 Å². The van der Waals surface area contributed by atoms with Crippen LogP contribution in [0.25, 0.3) is 33.6 Å². The molecule has 2 N–H and O–H groups in total. The van der Waals surface area contributed by atoms with Gasteiger partial charge in [-0.05, 0) is 56.2 Å². The first-order chi connectivity index (χ1) is 14.9. The number of carbonyl (C=O) groups is 1. The molecule has 1 aliphatic heterocycles. The average molecular weight is 417 g/mol. The molecule has 3 atom stereocenters. The lowest BCUT2D eigenvalue weighted by atomic mass is 10.0. The fourth-order valence-corrected chi connectivity index (χ4v) is 4.87. The minimum absolute atomic E-state index is 0.0127. The second-order valence-electron chi connectivity index (χ2n) is 8.64. The molecule has 1 fully saturated rings. The van der Waals surface area contributed by atoms with Gasteiger partial charge < -0.3 is 19.8 Å². The molecule has 0 radical (unpaired) electrons. The van der Waals surface area contributed by atoms with Crippen LogP contribution in [0.15, 0.2) is 42.6 Å². The number of nitrogens with two attached hydrogens (primary N) is 1. The first-order valence-corrected chi connectivity index (χ1v) is 10.9. The zero-order valence-electron chi connectivity index (χ0n) is 18.4. The Bertz CT molecular complexity index is 1300. The molecule has 5 rings (SSSR count). The number of aromatic nitrogens is 4. The van der Waals surface area contributed by atoms with Crippen LogP contribution in [0.2, 0.25) is 0 Å². The SMILES string of the molecule is CCn1c(-c2nc3cc(C(=O)N4C[C@@H](C)C(N)C4C)ccc3n2C)cc2cccnc21. The van der Waals surface area contributed by atoms with Crippen molar-refractivity contribution < 1.29 is 4.79 Å². The van der Waals surface area contributed by atoms with Gasteiger partial charge in [0.05, 0.1) is 16.7 Å². The largest absolute Gasteiger partial charge is 0.334 e. The van der Waals surface area contributed by atoms with Gasteiger partial charge in [-0.3, -0.25) is 4.79 Å². The highest BCUT2D eigenvalue weighted by molar-refractivity contribution is 5.98. The number of carbonyl (C=O) groups excluding carboxylic acids is 1. The smallest absolute Gasteiger partial charge is 0.254 e. The first-order valence-electron chi connectivity index (χ1n) is 10.9. The third kappa shape index (κ3) is 2.95. The molecule has 4 aromatic rings. The van der Waals surface area contributed by atoms with Crippen LogP contribution in [-0.2, 0) is 13.6 Å². The Morgan fingerprint density at radius 1 is 1.23 bits per heavy atom. The Morgan fingerprint density at radius 3 is 2.74 bits per heavy atom. The number of aryl methyl sites for hydroxylation is 2. The highest BCUT2D eigenvalue weighted by Crippen LogP contribution is 2.30. The van der Waals surface area contributed by atoms with Gasteiger partial charge in [0, 0.05) is 49.4 Å². The van der Waals surface area contributed by atoms with E-state index in [0.717, 1.165) is 40.1 Å². The molecule has 0 aliphatic carbocycles. The average Bonchev–Trinajstić information content (AvgIpc) is 3.40. The molecule has 1 aliphatic rings. The summed E-state index contributed by atoms with van der Waals surface area (Å²) in [6.07, 6.45) is 1.82. The van der Waals surface area contributed by atoms with Gasteiger partial charge >= 0.3 is 0 Å². The predicted octanol–water partition coefficient (Wildman–Crippen LogP) is 3.42. The van der Waals surface area contributed by atoms with Crippen LogP contribution >= 0.6 is 0 Å². The number of likely N-dealkylation sites (tertiary alicyclic amines) is 1. The number of hydrogen-bond donors (Lipinski definition) is 1. The van der Waals surface area contributed by atoms with Gasteiger partial charge in [0.15, 0.2) is 5.82 Å². The van der Waals surface area contributed by atoms with Crippen molar-refractivity contribution in [3.05, 3.63) is 48.2 Å². The maximum absolute atomic E-state index is 13.2. The molecule has 4 heterocycles. The van der Waals surface area contributed by atoms with Crippen LogP contribution in [0.4, 0.5) is 0 Å². The third-order valence-corrected chi connectivity index (χ3v) is 6.78. The van der Waals surface area contributed by atoms with Crippen LogP contribution < -0.4 is 5.73 Å². The van der Waals surface area contributed by atoms with Crippen molar-refractivity contribution in [3.8, 4) is 11.5 Å². The van der Waals surface area contributed by atoms with Gasteiger partial charge in [0.1, 0.15) is 5.65 Å². The van der Waals surface area contributed by atoms with Crippen LogP contribution in [0.5, 0.6) is 0 Å². The van der Waals surface area contributed by atoms with E-state index in [2.05, 4.69) is 40.1 Å². The fraction of sp³-hybridized carbons (Fsp3) is 0.375. The Hall–Kier alpha value is -3.19. The number of nitrogens with zero attached hydrogens (tertiary/aromatic N) is 5. The van der Waals surface area contributed by atoms with Crippen molar-refractivity contribution in [1.29, 1.82) is 0 Å². The molecule has 7 heteroatoms.